The maximum absolute atomic E-state index is 5.37. The zero-order valence-corrected chi connectivity index (χ0v) is 12.6. The molecule has 0 atom stereocenters. The van der Waals surface area contributed by atoms with Gasteiger partial charge in [0.25, 0.3) is 0 Å². The third kappa shape index (κ3) is 2.25. The Morgan fingerprint density at radius 3 is 2.77 bits per heavy atom. The van der Waals surface area contributed by atoms with E-state index in [1.807, 2.05) is 36.4 Å². The minimum absolute atomic E-state index is 0.659. The van der Waals surface area contributed by atoms with Crippen molar-refractivity contribution in [1.82, 2.24) is 19.8 Å². The summed E-state index contributed by atoms with van der Waals surface area (Å²) in [5, 5.41) is 13.7. The lowest BCUT2D eigenvalue weighted by Gasteiger charge is -2.01. The second kappa shape index (κ2) is 5.27. The molecule has 0 spiro atoms. The van der Waals surface area contributed by atoms with Gasteiger partial charge in [0.2, 0.25) is 4.96 Å². The number of nitrogens with zero attached hydrogens (tertiary/aromatic N) is 4. The molecule has 0 unspecified atom stereocenters. The van der Waals surface area contributed by atoms with Crippen LogP contribution in [0.2, 0.25) is 0 Å². The molecule has 0 saturated heterocycles. The number of rotatable bonds is 4. The number of fused-ring (bicyclic) bond motifs is 1. The lowest BCUT2D eigenvalue weighted by atomic mass is 10.1. The summed E-state index contributed by atoms with van der Waals surface area (Å²) in [5.41, 5.74) is 1.13. The first-order valence-corrected chi connectivity index (χ1v) is 7.53. The molecular formula is C15H12N4O2S. The molecule has 3 aromatic heterocycles. The fourth-order valence-corrected chi connectivity index (χ4v) is 3.02. The van der Waals surface area contributed by atoms with E-state index in [1.54, 1.807) is 17.9 Å². The number of aromatic nitrogens is 4. The molecule has 0 aliphatic heterocycles. The molecule has 0 bridgehead atoms. The number of benzene rings is 1. The summed E-state index contributed by atoms with van der Waals surface area (Å²) in [7, 11) is 1.66. The largest absolute Gasteiger partial charge is 0.497 e. The SMILES string of the molecule is COc1ccc(Cc2nnc3sc(-c4ccco4)nn23)cc1. The van der Waals surface area contributed by atoms with Crippen molar-refractivity contribution in [2.75, 3.05) is 7.11 Å². The Kier molecular flexibility index (Phi) is 3.12. The fourth-order valence-electron chi connectivity index (χ4n) is 2.19. The highest BCUT2D eigenvalue weighted by Gasteiger charge is 2.14. The number of hydrogen-bond acceptors (Lipinski definition) is 6. The average molecular weight is 312 g/mol. The number of ether oxygens (including phenoxy) is 1. The molecule has 3 heterocycles. The first-order chi connectivity index (χ1) is 10.8. The van der Waals surface area contributed by atoms with Gasteiger partial charge in [-0.3, -0.25) is 0 Å². The van der Waals surface area contributed by atoms with Crippen molar-refractivity contribution >= 4 is 16.3 Å². The van der Waals surface area contributed by atoms with Crippen LogP contribution in [0.15, 0.2) is 47.1 Å². The smallest absolute Gasteiger partial charge is 0.235 e. The maximum Gasteiger partial charge on any atom is 0.235 e. The van der Waals surface area contributed by atoms with Gasteiger partial charge in [0, 0.05) is 6.42 Å². The van der Waals surface area contributed by atoms with E-state index < -0.39 is 0 Å². The van der Waals surface area contributed by atoms with E-state index >= 15 is 0 Å². The average Bonchev–Trinajstić information content (AvgIpc) is 3.25. The summed E-state index contributed by atoms with van der Waals surface area (Å²) in [6.45, 7) is 0. The van der Waals surface area contributed by atoms with Crippen LogP contribution in [-0.2, 0) is 6.42 Å². The van der Waals surface area contributed by atoms with E-state index in [-0.39, 0.29) is 0 Å². The van der Waals surface area contributed by atoms with Crippen molar-refractivity contribution in [1.29, 1.82) is 0 Å². The predicted molar refractivity (Wildman–Crippen MR) is 82.2 cm³/mol. The van der Waals surface area contributed by atoms with E-state index in [2.05, 4.69) is 15.3 Å². The molecule has 0 amide bonds. The van der Waals surface area contributed by atoms with E-state index in [1.165, 1.54) is 11.3 Å². The zero-order valence-electron chi connectivity index (χ0n) is 11.8. The van der Waals surface area contributed by atoms with Gasteiger partial charge in [-0.25, -0.2) is 0 Å². The quantitative estimate of drug-likeness (QED) is 0.579. The first-order valence-electron chi connectivity index (χ1n) is 6.71. The van der Waals surface area contributed by atoms with Crippen LogP contribution in [0.3, 0.4) is 0 Å². The Morgan fingerprint density at radius 1 is 1.18 bits per heavy atom. The van der Waals surface area contributed by atoms with Crippen LogP contribution in [-0.4, -0.2) is 26.9 Å². The summed E-state index contributed by atoms with van der Waals surface area (Å²) in [6, 6.07) is 11.6. The molecule has 110 valence electrons. The third-order valence-corrected chi connectivity index (χ3v) is 4.22. The van der Waals surface area contributed by atoms with Gasteiger partial charge in [-0.1, -0.05) is 23.5 Å². The lowest BCUT2D eigenvalue weighted by molar-refractivity contribution is 0.414. The maximum atomic E-state index is 5.37. The molecule has 0 aliphatic carbocycles. The van der Waals surface area contributed by atoms with Crippen molar-refractivity contribution in [3.63, 3.8) is 0 Å². The van der Waals surface area contributed by atoms with E-state index in [0.717, 1.165) is 32.9 Å². The van der Waals surface area contributed by atoms with Gasteiger partial charge in [-0.2, -0.15) is 4.52 Å². The normalized spacial score (nSPS) is 11.1. The predicted octanol–water partition coefficient (Wildman–Crippen LogP) is 3.05. The second-order valence-corrected chi connectivity index (χ2v) is 5.68. The first kappa shape index (κ1) is 13.0. The highest BCUT2D eigenvalue weighted by molar-refractivity contribution is 7.19. The zero-order chi connectivity index (χ0) is 14.9. The van der Waals surface area contributed by atoms with Crippen molar-refractivity contribution in [3.05, 3.63) is 54.0 Å². The van der Waals surface area contributed by atoms with Crippen LogP contribution in [0.4, 0.5) is 0 Å². The molecule has 0 radical (unpaired) electrons. The Hall–Kier alpha value is -2.67. The Balaban J connectivity index is 1.66. The van der Waals surface area contributed by atoms with Crippen LogP contribution in [0.5, 0.6) is 5.75 Å². The summed E-state index contributed by atoms with van der Waals surface area (Å²) in [4.78, 5) is 0.759. The molecule has 1 aromatic carbocycles. The number of hydrogen-bond donors (Lipinski definition) is 0. The summed E-state index contributed by atoms with van der Waals surface area (Å²) in [5.74, 6) is 2.38. The van der Waals surface area contributed by atoms with E-state index in [0.29, 0.717) is 6.42 Å². The van der Waals surface area contributed by atoms with Crippen molar-refractivity contribution < 1.29 is 9.15 Å². The standard InChI is InChI=1S/C15H12N4O2S/c1-20-11-6-4-10(5-7-11)9-13-16-17-15-19(13)18-14(22-15)12-3-2-8-21-12/h2-8H,9H2,1H3. The summed E-state index contributed by atoms with van der Waals surface area (Å²) >= 11 is 1.46. The van der Waals surface area contributed by atoms with E-state index in [4.69, 9.17) is 9.15 Å². The number of methoxy groups -OCH3 is 1. The molecule has 0 N–H and O–H groups in total. The van der Waals surface area contributed by atoms with Crippen LogP contribution < -0.4 is 4.74 Å². The molecule has 4 rings (SSSR count). The molecule has 0 saturated carbocycles. The lowest BCUT2D eigenvalue weighted by Crippen LogP contribution is -1.97. The van der Waals surface area contributed by atoms with Crippen LogP contribution in [0, 0.1) is 0 Å². The minimum atomic E-state index is 0.659. The molecule has 0 aliphatic rings. The van der Waals surface area contributed by atoms with Crippen LogP contribution in [0.1, 0.15) is 11.4 Å². The minimum Gasteiger partial charge on any atom is -0.497 e. The molecule has 0 fully saturated rings. The van der Waals surface area contributed by atoms with Gasteiger partial charge in [-0.05, 0) is 29.8 Å². The Bertz CT molecular complexity index is 894. The number of furan rings is 1. The molecule has 6 nitrogen and oxygen atoms in total. The van der Waals surface area contributed by atoms with Crippen LogP contribution in [0.25, 0.3) is 15.7 Å². The van der Waals surface area contributed by atoms with Crippen LogP contribution >= 0.6 is 11.3 Å². The molecular weight excluding hydrogens is 300 g/mol. The molecule has 7 heteroatoms. The highest BCUT2D eigenvalue weighted by atomic mass is 32.1. The van der Waals surface area contributed by atoms with Crippen molar-refractivity contribution in [3.8, 4) is 16.5 Å². The van der Waals surface area contributed by atoms with Gasteiger partial charge >= 0.3 is 0 Å². The van der Waals surface area contributed by atoms with E-state index in [9.17, 15) is 0 Å². The third-order valence-electron chi connectivity index (χ3n) is 3.31. The summed E-state index contributed by atoms with van der Waals surface area (Å²) in [6.07, 6.45) is 2.29. The van der Waals surface area contributed by atoms with Gasteiger partial charge in [0.1, 0.15) is 5.75 Å². The second-order valence-electron chi connectivity index (χ2n) is 4.72. The topological polar surface area (TPSA) is 65.5 Å². The van der Waals surface area contributed by atoms with Crippen molar-refractivity contribution in [2.24, 2.45) is 0 Å². The Labute approximate surface area is 130 Å². The van der Waals surface area contributed by atoms with Crippen molar-refractivity contribution in [2.45, 2.75) is 6.42 Å². The molecule has 4 aromatic rings. The van der Waals surface area contributed by atoms with Gasteiger partial charge in [0.15, 0.2) is 16.6 Å². The molecule has 22 heavy (non-hydrogen) atoms. The highest BCUT2D eigenvalue weighted by Crippen LogP contribution is 2.26. The van der Waals surface area contributed by atoms with Gasteiger partial charge in [0.05, 0.1) is 13.4 Å². The Morgan fingerprint density at radius 2 is 2.05 bits per heavy atom. The monoisotopic (exact) mass is 312 g/mol. The van der Waals surface area contributed by atoms with Gasteiger partial charge < -0.3 is 9.15 Å². The van der Waals surface area contributed by atoms with Gasteiger partial charge in [-0.15, -0.1) is 15.3 Å². The fraction of sp³-hybridized carbons (Fsp3) is 0.133. The summed E-state index contributed by atoms with van der Waals surface area (Å²) < 4.78 is 12.3.